The normalized spacial score (nSPS) is 14.0. The predicted molar refractivity (Wildman–Crippen MR) is 99.4 cm³/mol. The number of nitrogens with zero attached hydrogens (tertiary/aromatic N) is 1. The fourth-order valence-corrected chi connectivity index (χ4v) is 4.51. The number of carbonyl (C=O) groups is 1. The summed E-state index contributed by atoms with van der Waals surface area (Å²) >= 11 is 0. The number of alkyl halides is 3. The molecule has 1 N–H and O–H groups in total. The fourth-order valence-electron chi connectivity index (χ4n) is 3.09. The number of nitrogens with one attached hydrogen (secondary N) is 1. The smallest absolute Gasteiger partial charge is 0.355 e. The monoisotopic (exact) mass is 412 g/mol. The van der Waals surface area contributed by atoms with Crippen LogP contribution in [0.5, 0.6) is 0 Å². The summed E-state index contributed by atoms with van der Waals surface area (Å²) in [6, 6.07) is 11.6. The average molecular weight is 412 g/mol. The first-order valence-electron chi connectivity index (χ1n) is 8.68. The van der Waals surface area contributed by atoms with E-state index >= 15 is 0 Å². The molecule has 0 saturated carbocycles. The van der Waals surface area contributed by atoms with Crippen LogP contribution >= 0.6 is 0 Å². The number of hydrogen-bond donors (Lipinski definition) is 1. The number of rotatable bonds is 6. The van der Waals surface area contributed by atoms with Crippen molar-refractivity contribution in [2.45, 2.75) is 19.0 Å². The Hall–Kier alpha value is -2.55. The summed E-state index contributed by atoms with van der Waals surface area (Å²) in [5, 5.41) is 2.51. The van der Waals surface area contributed by atoms with Crippen molar-refractivity contribution in [3.8, 4) is 0 Å². The Balaban J connectivity index is 1.51. The lowest BCUT2D eigenvalue weighted by atomic mass is 10.1. The van der Waals surface area contributed by atoms with E-state index in [-0.39, 0.29) is 18.7 Å². The lowest BCUT2D eigenvalue weighted by molar-refractivity contribution is -0.137. The van der Waals surface area contributed by atoms with Crippen molar-refractivity contribution >= 4 is 21.6 Å². The van der Waals surface area contributed by atoms with Crippen LogP contribution in [0.3, 0.4) is 0 Å². The topological polar surface area (TPSA) is 66.5 Å². The van der Waals surface area contributed by atoms with Gasteiger partial charge in [0, 0.05) is 13.1 Å². The molecule has 0 fully saturated rings. The van der Waals surface area contributed by atoms with E-state index in [1.165, 1.54) is 16.4 Å². The first-order chi connectivity index (χ1) is 13.2. The molecule has 2 aromatic carbocycles. The van der Waals surface area contributed by atoms with E-state index in [4.69, 9.17) is 0 Å². The van der Waals surface area contributed by atoms with Crippen LogP contribution in [0.2, 0.25) is 0 Å². The first kappa shape index (κ1) is 20.2. The summed E-state index contributed by atoms with van der Waals surface area (Å²) in [5.74, 6) is -0.697. The van der Waals surface area contributed by atoms with Crippen molar-refractivity contribution in [2.24, 2.45) is 0 Å². The summed E-state index contributed by atoms with van der Waals surface area (Å²) in [6.45, 7) is 0.307. The molecule has 0 radical (unpaired) electrons. The predicted octanol–water partition coefficient (Wildman–Crippen LogP) is 2.76. The molecule has 1 aliphatic rings. The molecule has 2 aromatic rings. The van der Waals surface area contributed by atoms with Gasteiger partial charge in [0.1, 0.15) is 0 Å². The van der Waals surface area contributed by atoms with Crippen LogP contribution in [-0.4, -0.2) is 33.2 Å². The number of anilines is 1. The van der Waals surface area contributed by atoms with E-state index in [2.05, 4.69) is 5.32 Å². The van der Waals surface area contributed by atoms with Crippen molar-refractivity contribution in [2.75, 3.05) is 23.1 Å². The van der Waals surface area contributed by atoms with Crippen LogP contribution in [0, 0.1) is 0 Å². The minimum Gasteiger partial charge on any atom is -0.355 e. The molecule has 0 atom stereocenters. The maximum absolute atomic E-state index is 12.5. The average Bonchev–Trinajstić information content (AvgIpc) is 3.06. The molecule has 28 heavy (non-hydrogen) atoms. The number of halogens is 3. The Bertz CT molecular complexity index is 957. The highest BCUT2D eigenvalue weighted by atomic mass is 32.2. The second kappa shape index (κ2) is 7.83. The molecule has 1 amide bonds. The Kier molecular flexibility index (Phi) is 5.64. The molecular formula is C19H19F3N2O3S. The molecule has 9 heteroatoms. The zero-order valence-corrected chi connectivity index (χ0v) is 15.7. The van der Waals surface area contributed by atoms with Crippen molar-refractivity contribution in [3.05, 3.63) is 65.2 Å². The van der Waals surface area contributed by atoms with E-state index in [9.17, 15) is 26.4 Å². The number of sulfonamides is 1. The van der Waals surface area contributed by atoms with Gasteiger partial charge in [0.2, 0.25) is 15.9 Å². The van der Waals surface area contributed by atoms with E-state index in [0.29, 0.717) is 24.2 Å². The molecule has 150 valence electrons. The van der Waals surface area contributed by atoms with Gasteiger partial charge in [-0.25, -0.2) is 8.42 Å². The number of para-hydroxylation sites is 1. The highest BCUT2D eigenvalue weighted by Gasteiger charge is 2.30. The molecule has 1 aliphatic heterocycles. The minimum atomic E-state index is -4.43. The Morgan fingerprint density at radius 1 is 1.07 bits per heavy atom. The number of fused-ring (bicyclic) bond motifs is 1. The van der Waals surface area contributed by atoms with Crippen LogP contribution in [0.15, 0.2) is 48.5 Å². The maximum atomic E-state index is 12.5. The number of carbonyl (C=O) groups excluding carboxylic acids is 1. The van der Waals surface area contributed by atoms with Crippen LogP contribution in [0.4, 0.5) is 18.9 Å². The summed E-state index contributed by atoms with van der Waals surface area (Å²) in [7, 11) is -3.57. The maximum Gasteiger partial charge on any atom is 0.416 e. The summed E-state index contributed by atoms with van der Waals surface area (Å²) in [6.07, 6.45) is -3.90. The second-order valence-electron chi connectivity index (χ2n) is 6.49. The van der Waals surface area contributed by atoms with Gasteiger partial charge in [0.15, 0.2) is 0 Å². The third kappa shape index (κ3) is 4.64. The van der Waals surface area contributed by atoms with Crippen LogP contribution in [0.1, 0.15) is 16.7 Å². The molecule has 0 saturated heterocycles. The highest BCUT2D eigenvalue weighted by Crippen LogP contribution is 2.30. The largest absolute Gasteiger partial charge is 0.416 e. The number of benzene rings is 2. The lowest BCUT2D eigenvalue weighted by Gasteiger charge is -2.19. The fraction of sp³-hybridized carbons (Fsp3) is 0.316. The summed E-state index contributed by atoms with van der Waals surface area (Å²) in [5.41, 5.74) is 1.27. The van der Waals surface area contributed by atoms with Crippen molar-refractivity contribution < 1.29 is 26.4 Å². The van der Waals surface area contributed by atoms with E-state index < -0.39 is 27.7 Å². The Morgan fingerprint density at radius 2 is 1.75 bits per heavy atom. The Labute approximate surface area is 161 Å². The van der Waals surface area contributed by atoms with Gasteiger partial charge in [0.05, 0.1) is 23.4 Å². The molecule has 5 nitrogen and oxygen atoms in total. The second-order valence-corrected chi connectivity index (χ2v) is 8.50. The van der Waals surface area contributed by atoms with Gasteiger partial charge < -0.3 is 5.32 Å². The third-order valence-corrected chi connectivity index (χ3v) is 6.28. The van der Waals surface area contributed by atoms with Crippen LogP contribution < -0.4 is 9.62 Å². The van der Waals surface area contributed by atoms with Crippen LogP contribution in [-0.2, 0) is 33.8 Å². The molecule has 0 aliphatic carbocycles. The Morgan fingerprint density at radius 3 is 2.43 bits per heavy atom. The summed E-state index contributed by atoms with van der Waals surface area (Å²) in [4.78, 5) is 12.0. The van der Waals surface area contributed by atoms with Crippen LogP contribution in [0.25, 0.3) is 0 Å². The van der Waals surface area contributed by atoms with Gasteiger partial charge in [-0.05, 0) is 35.7 Å². The standard InChI is InChI=1S/C19H19F3N2O3S/c20-19(21,22)16-7-5-14(6-8-16)13-18(25)23-10-12-28(26,27)24-11-9-15-3-1-2-4-17(15)24/h1-8H,9-13H2,(H,23,25). The highest BCUT2D eigenvalue weighted by molar-refractivity contribution is 7.92. The van der Waals surface area contributed by atoms with Crippen molar-refractivity contribution in [1.82, 2.24) is 5.32 Å². The quantitative estimate of drug-likeness (QED) is 0.794. The first-order valence-corrected chi connectivity index (χ1v) is 10.3. The minimum absolute atomic E-state index is 0.0690. The third-order valence-electron chi connectivity index (χ3n) is 4.51. The molecule has 0 spiro atoms. The molecule has 0 aromatic heterocycles. The van der Waals surface area contributed by atoms with Gasteiger partial charge in [-0.15, -0.1) is 0 Å². The zero-order valence-electron chi connectivity index (χ0n) is 14.9. The SMILES string of the molecule is O=C(Cc1ccc(C(F)(F)F)cc1)NCCS(=O)(=O)N1CCc2ccccc21. The number of amides is 1. The molecule has 3 rings (SSSR count). The summed E-state index contributed by atoms with van der Waals surface area (Å²) < 4.78 is 64.0. The van der Waals surface area contributed by atoms with E-state index in [1.54, 1.807) is 12.1 Å². The lowest BCUT2D eigenvalue weighted by Crippen LogP contribution is -2.37. The van der Waals surface area contributed by atoms with E-state index in [1.807, 2.05) is 12.1 Å². The molecule has 1 heterocycles. The van der Waals surface area contributed by atoms with Crippen molar-refractivity contribution in [1.29, 1.82) is 0 Å². The molecule has 0 bridgehead atoms. The molecule has 0 unspecified atom stereocenters. The van der Waals surface area contributed by atoms with E-state index in [0.717, 1.165) is 17.7 Å². The number of hydrogen-bond acceptors (Lipinski definition) is 3. The molecular weight excluding hydrogens is 393 g/mol. The van der Waals surface area contributed by atoms with Crippen molar-refractivity contribution in [3.63, 3.8) is 0 Å². The van der Waals surface area contributed by atoms with Gasteiger partial charge >= 0.3 is 6.18 Å². The van der Waals surface area contributed by atoms with Gasteiger partial charge in [0.25, 0.3) is 0 Å². The zero-order chi connectivity index (χ0) is 20.4. The van der Waals surface area contributed by atoms with Gasteiger partial charge in [-0.2, -0.15) is 13.2 Å². The van der Waals surface area contributed by atoms with Gasteiger partial charge in [-0.3, -0.25) is 9.10 Å². The van der Waals surface area contributed by atoms with Gasteiger partial charge in [-0.1, -0.05) is 30.3 Å².